The van der Waals surface area contributed by atoms with Crippen LogP contribution in [-0.4, -0.2) is 60.8 Å². The number of carbonyl (C=O) groups excluding carboxylic acids is 3. The first-order valence-corrected chi connectivity index (χ1v) is 13.1. The molecule has 2 aliphatic heterocycles. The zero-order chi connectivity index (χ0) is 24.6. The summed E-state index contributed by atoms with van der Waals surface area (Å²) in [5, 5.41) is 0.917. The molecule has 2 aromatic rings. The number of H-pyrrole nitrogens is 1. The number of rotatable bonds is 5. The lowest BCUT2D eigenvalue weighted by Gasteiger charge is -2.43. The smallest absolute Gasteiger partial charge is 0.325 e. The van der Waals surface area contributed by atoms with E-state index in [0.29, 0.717) is 11.5 Å². The van der Waals surface area contributed by atoms with Gasteiger partial charge in [0.1, 0.15) is 6.54 Å². The Labute approximate surface area is 209 Å². The molecule has 0 radical (unpaired) electrons. The maximum Gasteiger partial charge on any atom is 0.325 e. The second-order valence-electron chi connectivity index (χ2n) is 9.41. The first-order valence-electron chi connectivity index (χ1n) is 11.4. The summed E-state index contributed by atoms with van der Waals surface area (Å²) in [6, 6.07) is 5.79. The molecule has 11 heteroatoms. The summed E-state index contributed by atoms with van der Waals surface area (Å²) in [6.45, 7) is -0.344. The molecule has 3 heterocycles. The number of hydrogen-bond acceptors (Lipinski definition) is 9. The van der Waals surface area contributed by atoms with Crippen molar-refractivity contribution in [3.8, 4) is 11.5 Å². The fourth-order valence-corrected chi connectivity index (χ4v) is 9.74. The van der Waals surface area contributed by atoms with Gasteiger partial charge < -0.3 is 19.2 Å². The van der Waals surface area contributed by atoms with Gasteiger partial charge in [0.15, 0.2) is 11.5 Å². The highest BCUT2D eigenvalue weighted by Gasteiger charge is 2.69. The Morgan fingerprint density at radius 1 is 1.06 bits per heavy atom. The Balaban J connectivity index is 1.43. The largest absolute Gasteiger partial charge is 0.493 e. The third kappa shape index (κ3) is 3.13. The van der Waals surface area contributed by atoms with Crippen molar-refractivity contribution >= 4 is 40.9 Å². The molecule has 2 saturated carbocycles. The van der Waals surface area contributed by atoms with Crippen molar-refractivity contribution in [2.75, 3.05) is 27.9 Å². The first-order chi connectivity index (χ1) is 16.9. The lowest BCUT2D eigenvalue weighted by atomic mass is 9.68. The predicted octanol–water partition coefficient (Wildman–Crippen LogP) is 2.10. The Hall–Kier alpha value is -2.79. The maximum atomic E-state index is 13.4. The Kier molecular flexibility index (Phi) is 5.26. The van der Waals surface area contributed by atoms with Crippen LogP contribution in [0, 0.1) is 29.6 Å². The number of esters is 1. The fourth-order valence-electron chi connectivity index (χ4n) is 6.85. The fraction of sp³-hybridized carbons (Fsp3) is 0.500. The first kappa shape index (κ1) is 22.7. The van der Waals surface area contributed by atoms with Gasteiger partial charge >= 0.3 is 10.8 Å². The van der Waals surface area contributed by atoms with Gasteiger partial charge in [0, 0.05) is 16.0 Å². The monoisotopic (exact) mass is 516 g/mol. The summed E-state index contributed by atoms with van der Waals surface area (Å²) in [6.07, 6.45) is 0.782. The van der Waals surface area contributed by atoms with Crippen molar-refractivity contribution in [2.24, 2.45) is 29.6 Å². The molecule has 0 unspecified atom stereocenters. The zero-order valence-electron chi connectivity index (χ0n) is 19.3. The van der Waals surface area contributed by atoms with Gasteiger partial charge in [-0.15, -0.1) is 11.8 Å². The van der Waals surface area contributed by atoms with Crippen molar-refractivity contribution in [1.82, 2.24) is 9.88 Å². The van der Waals surface area contributed by atoms with E-state index in [2.05, 4.69) is 4.98 Å². The van der Waals surface area contributed by atoms with Gasteiger partial charge in [-0.1, -0.05) is 17.4 Å². The molecule has 4 aliphatic rings. The van der Waals surface area contributed by atoms with E-state index in [0.717, 1.165) is 26.8 Å². The van der Waals surface area contributed by atoms with Crippen LogP contribution in [0.15, 0.2) is 28.0 Å². The van der Waals surface area contributed by atoms with Crippen LogP contribution >= 0.6 is 23.1 Å². The van der Waals surface area contributed by atoms with Gasteiger partial charge in [-0.2, -0.15) is 0 Å². The van der Waals surface area contributed by atoms with Crippen LogP contribution in [0.2, 0.25) is 0 Å². The van der Waals surface area contributed by atoms with Crippen molar-refractivity contribution < 1.29 is 28.6 Å². The number of carbonyl (C=O) groups is 3. The predicted molar refractivity (Wildman–Crippen MR) is 127 cm³/mol. The zero-order valence-corrected chi connectivity index (χ0v) is 20.9. The Bertz CT molecular complexity index is 1300. The minimum Gasteiger partial charge on any atom is -0.493 e. The lowest BCUT2D eigenvalue weighted by molar-refractivity contribution is -0.151. The number of nitrogens with one attached hydrogen (secondary N) is 1. The molecule has 1 aromatic carbocycles. The summed E-state index contributed by atoms with van der Waals surface area (Å²) in [7, 11) is 4.41. The number of aromatic amines is 1. The highest BCUT2D eigenvalue weighted by atomic mass is 32.2. The molecule has 1 aromatic heterocycles. The quantitative estimate of drug-likeness (QED) is 0.475. The summed E-state index contributed by atoms with van der Waals surface area (Å²) in [5.74, 6) is -0.888. The molecule has 0 spiro atoms. The van der Waals surface area contributed by atoms with Crippen LogP contribution in [0.5, 0.6) is 11.5 Å². The van der Waals surface area contributed by atoms with E-state index in [1.165, 1.54) is 18.4 Å². The number of thiazole rings is 1. The number of thioether (sulfide) groups is 1. The molecule has 3 fully saturated rings. The SMILES string of the molecule is COC(=O)CN1C(=O)[C@@H]2[C@H]3C[C@@H]([C@H]4Sc5[nH]c(=O)sc5[C@@H](c5ccc(OC)c(OC)c5)[C@@H]34)[C@H]2C1=O. The van der Waals surface area contributed by atoms with Crippen LogP contribution in [0.3, 0.4) is 0 Å². The normalized spacial score (nSPS) is 32.3. The molecule has 2 bridgehead atoms. The summed E-state index contributed by atoms with van der Waals surface area (Å²) < 4.78 is 15.7. The van der Waals surface area contributed by atoms with Crippen LogP contribution in [-0.2, 0) is 19.1 Å². The molecular weight excluding hydrogens is 492 g/mol. The van der Waals surface area contributed by atoms with Crippen molar-refractivity contribution in [3.63, 3.8) is 0 Å². The molecule has 9 nitrogen and oxygen atoms in total. The Morgan fingerprint density at radius 3 is 2.46 bits per heavy atom. The molecule has 7 atom stereocenters. The Morgan fingerprint density at radius 2 is 1.77 bits per heavy atom. The van der Waals surface area contributed by atoms with Gasteiger partial charge in [-0.05, 0) is 41.9 Å². The number of benzene rings is 1. The molecule has 184 valence electrons. The highest BCUT2D eigenvalue weighted by Crippen LogP contribution is 2.68. The van der Waals surface area contributed by atoms with Gasteiger partial charge in [-0.25, -0.2) is 0 Å². The molecule has 2 aliphatic carbocycles. The topological polar surface area (TPSA) is 115 Å². The van der Waals surface area contributed by atoms with Gasteiger partial charge in [-0.3, -0.25) is 24.1 Å². The van der Waals surface area contributed by atoms with E-state index in [9.17, 15) is 19.2 Å². The standard InChI is InChI=1S/C24H24N2O7S2/c1-31-12-5-4-9(6-13(12)32-2)15-16-10-7-11(19(16)34-21-20(15)35-24(30)25-21)18-17(10)22(28)26(23(18)29)8-14(27)33-3/h4-6,10-11,15-19H,7-8H2,1-3H3,(H,25,30)/t10-,11+,15-,16+,17+,18+,19+/m0/s1. The number of hydrogen-bond donors (Lipinski definition) is 1. The van der Waals surface area contributed by atoms with Gasteiger partial charge in [0.25, 0.3) is 0 Å². The van der Waals surface area contributed by atoms with Gasteiger partial charge in [0.2, 0.25) is 11.8 Å². The second-order valence-corrected chi connectivity index (χ2v) is 11.6. The highest BCUT2D eigenvalue weighted by molar-refractivity contribution is 8.00. The number of imide groups is 1. The second kappa shape index (κ2) is 8.12. The molecule has 35 heavy (non-hydrogen) atoms. The van der Waals surface area contributed by atoms with Crippen molar-refractivity contribution in [3.05, 3.63) is 38.3 Å². The van der Waals surface area contributed by atoms with E-state index in [4.69, 9.17) is 14.2 Å². The van der Waals surface area contributed by atoms with Gasteiger partial charge in [0.05, 0.1) is 38.2 Å². The average Bonchev–Trinajstić information content (AvgIpc) is 3.59. The van der Waals surface area contributed by atoms with Crippen LogP contribution in [0.1, 0.15) is 22.8 Å². The van der Waals surface area contributed by atoms with Crippen LogP contribution in [0.4, 0.5) is 0 Å². The minimum atomic E-state index is -0.603. The minimum absolute atomic E-state index is 0.00158. The van der Waals surface area contributed by atoms with Crippen molar-refractivity contribution in [2.45, 2.75) is 22.6 Å². The number of nitrogens with zero attached hydrogens (tertiary/aromatic N) is 1. The average molecular weight is 517 g/mol. The third-order valence-corrected chi connectivity index (χ3v) is 10.7. The molecule has 6 rings (SSSR count). The number of likely N-dealkylation sites (tertiary alicyclic amines) is 1. The van der Waals surface area contributed by atoms with Crippen LogP contribution in [0.25, 0.3) is 0 Å². The summed E-state index contributed by atoms with van der Waals surface area (Å²) in [4.78, 5) is 55.8. The van der Waals surface area contributed by atoms with E-state index in [1.807, 2.05) is 18.2 Å². The van der Waals surface area contributed by atoms with Crippen LogP contribution < -0.4 is 14.3 Å². The lowest BCUT2D eigenvalue weighted by Crippen LogP contribution is -2.42. The maximum absolute atomic E-state index is 13.4. The van der Waals surface area contributed by atoms with E-state index in [1.54, 1.807) is 26.0 Å². The molecule has 1 saturated heterocycles. The van der Waals surface area contributed by atoms with E-state index < -0.39 is 17.8 Å². The number of aromatic nitrogens is 1. The number of amides is 2. The summed E-state index contributed by atoms with van der Waals surface area (Å²) in [5.41, 5.74) is 0.988. The third-order valence-electron chi connectivity index (χ3n) is 8.10. The van der Waals surface area contributed by atoms with E-state index >= 15 is 0 Å². The summed E-state index contributed by atoms with van der Waals surface area (Å²) >= 11 is 2.83. The molecule has 1 N–H and O–H groups in total. The van der Waals surface area contributed by atoms with Crippen molar-refractivity contribution in [1.29, 1.82) is 0 Å². The molecule has 2 amide bonds. The number of ether oxygens (including phenoxy) is 3. The molecular formula is C24H24N2O7S2. The number of fused-ring (bicyclic) bond motifs is 9. The number of methoxy groups -OCH3 is 3. The van der Waals surface area contributed by atoms with E-state index in [-0.39, 0.29) is 52.2 Å².